The molecule has 10 heteroatoms. The molecule has 7 aliphatic rings. The van der Waals surface area contributed by atoms with E-state index < -0.39 is 27.0 Å². The van der Waals surface area contributed by atoms with E-state index in [-0.39, 0.29) is 23.3 Å². The Morgan fingerprint density at radius 1 is 0.366 bits per heavy atom. The average Bonchev–Trinajstić information content (AvgIpc) is 3.98. The van der Waals surface area contributed by atoms with Gasteiger partial charge in [0.25, 0.3) is 0 Å². The molecule has 462 valence electrons. The molecule has 4 aromatic carbocycles. The molecule has 0 spiro atoms. The third-order valence-electron chi connectivity index (χ3n) is 19.2. The first kappa shape index (κ1) is 70.6. The van der Waals surface area contributed by atoms with Crippen LogP contribution in [0.2, 0.25) is 0 Å². The molecule has 0 amide bonds. The van der Waals surface area contributed by atoms with Crippen molar-refractivity contribution in [2.45, 2.75) is 268 Å². The molecule has 0 aromatic heterocycles. The Hall–Kier alpha value is -0.513. The molecule has 6 aliphatic carbocycles. The van der Waals surface area contributed by atoms with Crippen LogP contribution in [0.15, 0.2) is 84.9 Å². The number of benzene rings is 4. The van der Waals surface area contributed by atoms with Crippen LogP contribution in [-0.4, -0.2) is 56.3 Å². The van der Waals surface area contributed by atoms with Gasteiger partial charge in [0, 0.05) is 40.3 Å². The van der Waals surface area contributed by atoms with Crippen molar-refractivity contribution >= 4 is 75.2 Å². The van der Waals surface area contributed by atoms with Gasteiger partial charge in [-0.2, -0.15) is 6.67 Å². The normalized spacial score (nSPS) is 20.1. The second kappa shape index (κ2) is 38.8. The van der Waals surface area contributed by atoms with Crippen molar-refractivity contribution in [1.82, 2.24) is 0 Å². The first-order chi connectivity index (χ1) is 39.3. The summed E-state index contributed by atoms with van der Waals surface area (Å²) < 4.78 is 3.85. The fourth-order valence-electron chi connectivity index (χ4n) is 15.9. The molecule has 2 nitrogen and oxygen atoms in total. The minimum absolute atomic E-state index is 0. The van der Waals surface area contributed by atoms with E-state index in [9.17, 15) is 0 Å². The number of hydrogen-bond donors (Lipinski definition) is 0. The molecule has 4 aromatic rings. The number of halogens is 4. The Morgan fingerprint density at radius 3 is 0.793 bits per heavy atom. The van der Waals surface area contributed by atoms with Crippen LogP contribution in [0.5, 0.6) is 0 Å². The Morgan fingerprint density at radius 2 is 0.585 bits per heavy atom. The molecule has 11 rings (SSSR count). The van der Waals surface area contributed by atoms with Gasteiger partial charge in [-0.25, -0.2) is 0 Å². The zero-order valence-electron chi connectivity index (χ0n) is 52.0. The molecule has 1 aliphatic heterocycles. The summed E-state index contributed by atoms with van der Waals surface area (Å²) in [6, 6.07) is 28.9. The van der Waals surface area contributed by atoms with E-state index in [2.05, 4.69) is 82.3 Å². The van der Waals surface area contributed by atoms with Crippen LogP contribution in [0, 0.1) is 55.6 Å². The summed E-state index contributed by atoms with van der Waals surface area (Å²) in [6.45, 7) is 17.6. The molecule has 0 radical (unpaired) electrons. The van der Waals surface area contributed by atoms with Gasteiger partial charge < -0.3 is 17.2 Å². The molecule has 6 saturated carbocycles. The number of aryl methyl sites for hydroxylation is 6. The summed E-state index contributed by atoms with van der Waals surface area (Å²) in [6.07, 6.45) is 47.6. The van der Waals surface area contributed by atoms with Crippen LogP contribution < -0.4 is 9.80 Å². The quantitative estimate of drug-likeness (QED) is 0.0887. The van der Waals surface area contributed by atoms with E-state index in [1.165, 1.54) is 78.7 Å². The van der Waals surface area contributed by atoms with E-state index in [1.807, 2.05) is 69.9 Å². The van der Waals surface area contributed by atoms with Crippen molar-refractivity contribution in [2.75, 3.05) is 22.9 Å². The van der Waals surface area contributed by atoms with Crippen molar-refractivity contribution in [1.29, 1.82) is 0 Å². The fourth-order valence-corrected chi connectivity index (χ4v) is 30.0. The molecule has 82 heavy (non-hydrogen) atoms. The molecule has 1 heterocycles. The minimum atomic E-state index is -1.61. The summed E-state index contributed by atoms with van der Waals surface area (Å²) in [7, 11) is 22.6. The van der Waals surface area contributed by atoms with Gasteiger partial charge in [-0.3, -0.25) is 0 Å². The molecular weight excluding hydrogens is 1300 g/mol. The summed E-state index contributed by atoms with van der Waals surface area (Å²) >= 11 is -3.23. The standard InChI is InChI=1S/C21H27N2.2C18H33P.2C7H6.CH3.4ClH.2Ru/c1-14-9-16(3)20(17(4)10-14)22-7-8-23(13-22)21-18(5)11-15(2)12-19(21)6;2*1-4-10-16(11-5-1)19(17-12-6-2-7-13-17)18-14-8-3-9-15-18;2*1-7-5-3-2-4-6-7;;;;;;;/h9-13H,7-8H2,1-6H3;2*16-18H,1-15H2;2*1-6H;1H3;4*1H;;/q-1;;;;;-1;;;;;2*+2/p-2. The molecule has 0 unspecified atom stereocenters. The van der Waals surface area contributed by atoms with E-state index >= 15 is 0 Å². The summed E-state index contributed by atoms with van der Waals surface area (Å²) in [5.74, 6) is 0. The second-order valence-corrected chi connectivity index (χ2v) is 43.8. The third-order valence-corrected chi connectivity index (χ3v) is 32.0. The predicted octanol–water partition coefficient (Wildman–Crippen LogP) is 23.4. The van der Waals surface area contributed by atoms with E-state index in [1.54, 1.807) is 193 Å². The van der Waals surface area contributed by atoms with Gasteiger partial charge in [-0.1, -0.05) is 73.9 Å². The van der Waals surface area contributed by atoms with Gasteiger partial charge in [0.2, 0.25) is 0 Å². The Balaban J connectivity index is 0.000000170. The van der Waals surface area contributed by atoms with Crippen LogP contribution in [0.25, 0.3) is 0 Å². The summed E-state index contributed by atoms with van der Waals surface area (Å²) in [5.41, 5.74) is 20.4. The zero-order valence-corrected chi connectivity index (χ0v) is 60.5. The topological polar surface area (TPSA) is 6.48 Å². The Bertz CT molecular complexity index is 2160. The molecule has 7 fully saturated rings. The first-order valence-electron chi connectivity index (χ1n) is 32.4. The SMILES string of the molecule is C1CCC([PH+](C2CCCCC2)C2CCCCC2)CC1.C1CCC([PH+](C2CCCCC2)C2CCCCC2)CC1.Cc1cc(C)c(N2[CH-]N(c3c(C)cc(C)cc3C)CC2)c(C)c1.[CH3-].[Cl][Ru]([Cl])=[CH]c1ccccc1.[Cl][Ru]([Cl])=[CH]c1ccccc1. The summed E-state index contributed by atoms with van der Waals surface area (Å²) in [5, 5.41) is 0. The van der Waals surface area contributed by atoms with E-state index in [0.29, 0.717) is 0 Å². The molecule has 1 saturated heterocycles. The van der Waals surface area contributed by atoms with Crippen LogP contribution >= 0.6 is 54.6 Å². The van der Waals surface area contributed by atoms with Crippen LogP contribution in [0.4, 0.5) is 11.4 Å². The Labute approximate surface area is 532 Å². The van der Waals surface area contributed by atoms with Gasteiger partial charge in [0.05, 0.1) is 34.0 Å². The second-order valence-electron chi connectivity index (χ2n) is 25.4. The van der Waals surface area contributed by atoms with Crippen LogP contribution in [0.3, 0.4) is 0 Å². The first-order valence-corrected chi connectivity index (χ1v) is 46.8. The number of rotatable bonds is 10. The monoisotopic (exact) mass is 1410 g/mol. The molecule has 0 atom stereocenters. The molecule has 0 N–H and O–H groups in total. The Kier molecular flexibility index (Phi) is 33.4. The van der Waals surface area contributed by atoms with Gasteiger partial charge in [0.15, 0.2) is 0 Å². The predicted molar refractivity (Wildman–Crippen MR) is 371 cm³/mol. The van der Waals surface area contributed by atoms with Gasteiger partial charge in [-0.15, -0.1) is 0 Å². The fraction of sp³-hybridized carbons (Fsp3) is 0.611. The molecule has 0 bridgehead atoms. The average molecular weight is 1410 g/mol. The van der Waals surface area contributed by atoms with Gasteiger partial charge >= 0.3 is 147 Å². The third kappa shape index (κ3) is 23.5. The van der Waals surface area contributed by atoms with Gasteiger partial charge in [0.1, 0.15) is 0 Å². The van der Waals surface area contributed by atoms with Crippen molar-refractivity contribution < 1.29 is 27.0 Å². The van der Waals surface area contributed by atoms with Crippen LogP contribution in [-0.2, 0) is 27.0 Å². The van der Waals surface area contributed by atoms with E-state index in [4.69, 9.17) is 38.8 Å². The van der Waals surface area contributed by atoms with Crippen molar-refractivity contribution in [3.8, 4) is 0 Å². The van der Waals surface area contributed by atoms with Crippen molar-refractivity contribution in [3.05, 3.63) is 144 Å². The number of hydrogen-bond acceptors (Lipinski definition) is 2. The zero-order chi connectivity index (χ0) is 57.3. The van der Waals surface area contributed by atoms with Gasteiger partial charge in [-0.05, 0) is 218 Å². The van der Waals surface area contributed by atoms with E-state index in [0.717, 1.165) is 24.2 Å². The van der Waals surface area contributed by atoms with Crippen molar-refractivity contribution in [2.24, 2.45) is 0 Å². The maximum atomic E-state index is 5.67. The maximum absolute atomic E-state index is 5.67. The number of anilines is 2. The number of nitrogens with zero attached hydrogens (tertiary/aromatic N) is 2. The van der Waals surface area contributed by atoms with Crippen LogP contribution in [0.1, 0.15) is 237 Å². The molecular formula is C72H110Cl4N2P2Ru2. The van der Waals surface area contributed by atoms with Crippen molar-refractivity contribution in [3.63, 3.8) is 0 Å². The summed E-state index contributed by atoms with van der Waals surface area (Å²) in [4.78, 5) is 4.81.